The van der Waals surface area contributed by atoms with Crippen molar-refractivity contribution in [1.29, 1.82) is 0 Å². The standard InChI is InChI=1S/C13H18FN5O/c1-9(10(2)18-5-13(15)16-3)12(14)7-20-6-11-4-17-8-19-11/h4-5,7-9H,3,6,15H2,1-2H3,(H,17,19)/b12-7-,13-5-,18-10+. The van der Waals surface area contributed by atoms with E-state index in [1.807, 2.05) is 0 Å². The molecule has 0 amide bonds. The first-order chi connectivity index (χ1) is 9.54. The summed E-state index contributed by atoms with van der Waals surface area (Å²) in [4.78, 5) is 14.2. The zero-order valence-electron chi connectivity index (χ0n) is 11.5. The van der Waals surface area contributed by atoms with Crippen LogP contribution < -0.4 is 5.73 Å². The Kier molecular flexibility index (Phi) is 6.15. The number of aromatic nitrogens is 2. The molecule has 0 aromatic carbocycles. The van der Waals surface area contributed by atoms with Crippen LogP contribution in [0.2, 0.25) is 0 Å². The molecule has 0 saturated carbocycles. The molecule has 7 heteroatoms. The van der Waals surface area contributed by atoms with Gasteiger partial charge in [-0.05, 0) is 13.6 Å². The van der Waals surface area contributed by atoms with E-state index < -0.39 is 11.7 Å². The first-order valence-electron chi connectivity index (χ1n) is 5.95. The molecule has 0 spiro atoms. The Bertz CT molecular complexity index is 519. The van der Waals surface area contributed by atoms with Gasteiger partial charge in [0.1, 0.15) is 24.5 Å². The van der Waals surface area contributed by atoms with E-state index in [1.54, 1.807) is 20.0 Å². The van der Waals surface area contributed by atoms with Crippen molar-refractivity contribution in [3.8, 4) is 0 Å². The maximum Gasteiger partial charge on any atom is 0.143 e. The highest BCUT2D eigenvalue weighted by Crippen LogP contribution is 2.15. The molecule has 1 unspecified atom stereocenters. The van der Waals surface area contributed by atoms with Gasteiger partial charge in [0.15, 0.2) is 0 Å². The number of aliphatic imine (C=N–C) groups is 2. The molecule has 1 aromatic rings. The fourth-order valence-electron chi connectivity index (χ4n) is 1.20. The van der Waals surface area contributed by atoms with Crippen molar-refractivity contribution in [1.82, 2.24) is 9.97 Å². The zero-order valence-corrected chi connectivity index (χ0v) is 11.5. The summed E-state index contributed by atoms with van der Waals surface area (Å²) in [5, 5.41) is 0. The lowest BCUT2D eigenvalue weighted by atomic mass is 10.1. The Morgan fingerprint density at radius 1 is 1.70 bits per heavy atom. The Hall–Kier alpha value is -2.44. The van der Waals surface area contributed by atoms with E-state index in [-0.39, 0.29) is 12.4 Å². The van der Waals surface area contributed by atoms with Gasteiger partial charge in [-0.15, -0.1) is 0 Å². The first-order valence-corrected chi connectivity index (χ1v) is 5.95. The lowest BCUT2D eigenvalue weighted by Gasteiger charge is -2.08. The molecule has 0 aliphatic heterocycles. The highest BCUT2D eigenvalue weighted by Gasteiger charge is 2.12. The number of nitrogens with one attached hydrogen (secondary N) is 1. The molecule has 3 N–H and O–H groups in total. The number of ether oxygens (including phenoxy) is 1. The average Bonchev–Trinajstić information content (AvgIpc) is 2.96. The summed E-state index contributed by atoms with van der Waals surface area (Å²) >= 11 is 0. The van der Waals surface area contributed by atoms with Crippen LogP contribution in [0.25, 0.3) is 0 Å². The molecule has 1 atom stereocenters. The monoisotopic (exact) mass is 279 g/mol. The van der Waals surface area contributed by atoms with Crippen molar-refractivity contribution in [3.05, 3.63) is 42.3 Å². The van der Waals surface area contributed by atoms with Gasteiger partial charge in [-0.3, -0.25) is 4.99 Å². The van der Waals surface area contributed by atoms with E-state index in [2.05, 4.69) is 26.7 Å². The Balaban J connectivity index is 2.56. The van der Waals surface area contributed by atoms with Crippen LogP contribution in [0.3, 0.4) is 0 Å². The topological polar surface area (TPSA) is 88.7 Å². The molecule has 108 valence electrons. The van der Waals surface area contributed by atoms with Gasteiger partial charge in [0, 0.05) is 11.6 Å². The maximum absolute atomic E-state index is 13.8. The minimum atomic E-state index is -0.509. The fraction of sp³-hybridized carbons (Fsp3) is 0.308. The summed E-state index contributed by atoms with van der Waals surface area (Å²) in [6.45, 7) is 6.85. The molecule has 0 bridgehead atoms. The van der Waals surface area contributed by atoms with E-state index in [0.29, 0.717) is 5.71 Å². The third kappa shape index (κ3) is 5.05. The van der Waals surface area contributed by atoms with Crippen LogP contribution in [0.1, 0.15) is 19.5 Å². The minimum absolute atomic E-state index is 0.177. The molecule has 1 rings (SSSR count). The molecule has 0 aliphatic carbocycles. The van der Waals surface area contributed by atoms with Crippen molar-refractivity contribution < 1.29 is 9.13 Å². The van der Waals surface area contributed by atoms with Gasteiger partial charge in [0.2, 0.25) is 0 Å². The van der Waals surface area contributed by atoms with Crippen molar-refractivity contribution in [2.45, 2.75) is 20.5 Å². The highest BCUT2D eigenvalue weighted by atomic mass is 19.1. The maximum atomic E-state index is 13.8. The summed E-state index contributed by atoms with van der Waals surface area (Å²) in [6, 6.07) is 0. The quantitative estimate of drug-likeness (QED) is 0.593. The predicted molar refractivity (Wildman–Crippen MR) is 76.7 cm³/mol. The van der Waals surface area contributed by atoms with Crippen LogP contribution in [-0.4, -0.2) is 22.4 Å². The number of H-pyrrole nitrogens is 1. The highest BCUT2D eigenvalue weighted by molar-refractivity contribution is 5.86. The molecule has 1 aromatic heterocycles. The molecular formula is C13H18FN5O. The fourth-order valence-corrected chi connectivity index (χ4v) is 1.20. The Labute approximate surface area is 117 Å². The summed E-state index contributed by atoms with van der Waals surface area (Å²) < 4.78 is 18.9. The number of imidazole rings is 1. The molecule has 20 heavy (non-hydrogen) atoms. The van der Waals surface area contributed by atoms with Crippen molar-refractivity contribution in [2.75, 3.05) is 0 Å². The summed E-state index contributed by atoms with van der Waals surface area (Å²) in [6.07, 6.45) is 5.54. The number of hydrogen-bond donors (Lipinski definition) is 2. The van der Waals surface area contributed by atoms with Crippen molar-refractivity contribution >= 4 is 12.4 Å². The number of hydrogen-bond acceptors (Lipinski definition) is 5. The van der Waals surface area contributed by atoms with Crippen LogP contribution in [0.4, 0.5) is 4.39 Å². The van der Waals surface area contributed by atoms with Gasteiger partial charge in [-0.1, -0.05) is 6.92 Å². The van der Waals surface area contributed by atoms with Crippen molar-refractivity contribution in [3.63, 3.8) is 0 Å². The van der Waals surface area contributed by atoms with Gasteiger partial charge in [0.25, 0.3) is 0 Å². The smallest absolute Gasteiger partial charge is 0.143 e. The summed E-state index contributed by atoms with van der Waals surface area (Å²) in [5.41, 5.74) is 6.73. The average molecular weight is 279 g/mol. The van der Waals surface area contributed by atoms with Crippen molar-refractivity contribution in [2.24, 2.45) is 21.6 Å². The van der Waals surface area contributed by atoms with Gasteiger partial charge >= 0.3 is 0 Å². The third-order valence-corrected chi connectivity index (χ3v) is 2.61. The van der Waals surface area contributed by atoms with E-state index in [0.717, 1.165) is 12.0 Å². The number of rotatable bonds is 7. The Morgan fingerprint density at radius 2 is 2.45 bits per heavy atom. The zero-order chi connectivity index (χ0) is 15.0. The predicted octanol–water partition coefficient (Wildman–Crippen LogP) is 2.29. The molecule has 0 saturated heterocycles. The van der Waals surface area contributed by atoms with Gasteiger partial charge in [-0.2, -0.15) is 0 Å². The molecule has 0 fully saturated rings. The summed E-state index contributed by atoms with van der Waals surface area (Å²) in [5.74, 6) is -0.758. The third-order valence-electron chi connectivity index (χ3n) is 2.61. The minimum Gasteiger partial charge on any atom is -0.492 e. The van der Waals surface area contributed by atoms with E-state index >= 15 is 0 Å². The van der Waals surface area contributed by atoms with Crippen LogP contribution in [0.15, 0.2) is 46.6 Å². The number of nitrogens with two attached hydrogens (primary N) is 1. The molecular weight excluding hydrogens is 261 g/mol. The van der Waals surface area contributed by atoms with Gasteiger partial charge < -0.3 is 15.5 Å². The molecule has 1 heterocycles. The van der Waals surface area contributed by atoms with E-state index in [1.165, 1.54) is 12.5 Å². The lowest BCUT2D eigenvalue weighted by molar-refractivity contribution is 0.221. The largest absolute Gasteiger partial charge is 0.492 e. The van der Waals surface area contributed by atoms with E-state index in [9.17, 15) is 4.39 Å². The van der Waals surface area contributed by atoms with Crippen LogP contribution in [-0.2, 0) is 11.3 Å². The van der Waals surface area contributed by atoms with Gasteiger partial charge in [-0.25, -0.2) is 14.4 Å². The van der Waals surface area contributed by atoms with Crippen LogP contribution >= 0.6 is 0 Å². The summed E-state index contributed by atoms with van der Waals surface area (Å²) in [7, 11) is 0. The first kappa shape index (κ1) is 15.6. The van der Waals surface area contributed by atoms with Crippen LogP contribution in [0, 0.1) is 5.92 Å². The Morgan fingerprint density at radius 3 is 3.05 bits per heavy atom. The number of allylic oxidation sites excluding steroid dienone is 1. The molecule has 0 radical (unpaired) electrons. The second-order valence-electron chi connectivity index (χ2n) is 4.09. The second-order valence-corrected chi connectivity index (χ2v) is 4.09. The number of nitrogens with zero attached hydrogens (tertiary/aromatic N) is 3. The number of halogens is 1. The normalized spacial score (nSPS) is 15.1. The van der Waals surface area contributed by atoms with E-state index in [4.69, 9.17) is 10.5 Å². The molecule has 6 nitrogen and oxygen atoms in total. The molecule has 0 aliphatic rings. The lowest BCUT2D eigenvalue weighted by Crippen LogP contribution is -2.08. The SMILES string of the molecule is C=N/C(N)=C\N=C(/C)C(C)/C(F)=C/OCc1cnc[nH]1. The second kappa shape index (κ2) is 7.88. The van der Waals surface area contributed by atoms with Crippen LogP contribution in [0.5, 0.6) is 0 Å². The van der Waals surface area contributed by atoms with Gasteiger partial charge in [0.05, 0.1) is 24.4 Å². The number of aromatic amines is 1.